The van der Waals surface area contributed by atoms with Crippen LogP contribution in [-0.2, 0) is 19.6 Å². The molecule has 0 atom stereocenters. The summed E-state index contributed by atoms with van der Waals surface area (Å²) in [5, 5.41) is 20.7. The van der Waals surface area contributed by atoms with Gasteiger partial charge in [-0.25, -0.2) is 0 Å². The predicted molar refractivity (Wildman–Crippen MR) is 76.5 cm³/mol. The van der Waals surface area contributed by atoms with E-state index in [0.717, 1.165) is 18.1 Å². The summed E-state index contributed by atoms with van der Waals surface area (Å²) in [6.45, 7) is 6.29. The molecule has 2 heterocycles. The maximum Gasteiger partial charge on any atom is 0.148 e. The Kier molecular flexibility index (Phi) is 5.85. The molecule has 0 fully saturated rings. The van der Waals surface area contributed by atoms with E-state index in [1.54, 1.807) is 4.68 Å². The Bertz CT molecular complexity index is 508. The van der Waals surface area contributed by atoms with Crippen LogP contribution in [0.5, 0.6) is 0 Å². The Labute approximate surface area is 118 Å². The number of aliphatic hydroxyl groups is 1. The quantitative estimate of drug-likeness (QED) is 0.843. The molecule has 2 aromatic heterocycles. The molecule has 0 aliphatic carbocycles. The fourth-order valence-electron chi connectivity index (χ4n) is 1.76. The van der Waals surface area contributed by atoms with E-state index in [2.05, 4.69) is 22.4 Å². The first kappa shape index (κ1) is 15.5. The van der Waals surface area contributed by atoms with Crippen LogP contribution in [0.4, 0.5) is 5.82 Å². The first-order valence-corrected chi connectivity index (χ1v) is 6.14. The van der Waals surface area contributed by atoms with Gasteiger partial charge in [-0.3, -0.25) is 9.36 Å². The van der Waals surface area contributed by atoms with Gasteiger partial charge in [-0.2, -0.15) is 10.2 Å². The molecule has 2 aromatic rings. The highest BCUT2D eigenvalue weighted by molar-refractivity contribution is 5.85. The highest BCUT2D eigenvalue weighted by atomic mass is 35.5. The lowest BCUT2D eigenvalue weighted by Gasteiger charge is -2.01. The topological polar surface area (TPSA) is 67.9 Å². The van der Waals surface area contributed by atoms with E-state index in [0.29, 0.717) is 13.1 Å². The summed E-state index contributed by atoms with van der Waals surface area (Å²) in [5.41, 5.74) is 2.22. The Morgan fingerprint density at radius 3 is 2.74 bits per heavy atom. The van der Waals surface area contributed by atoms with Gasteiger partial charge in [-0.05, 0) is 13.8 Å². The zero-order valence-corrected chi connectivity index (χ0v) is 12.0. The lowest BCUT2D eigenvalue weighted by molar-refractivity contribution is 0.269. The molecule has 0 bridgehead atoms. The van der Waals surface area contributed by atoms with Crippen LogP contribution < -0.4 is 5.32 Å². The molecular weight excluding hydrogens is 266 g/mol. The van der Waals surface area contributed by atoms with Gasteiger partial charge in [-0.15, -0.1) is 12.4 Å². The van der Waals surface area contributed by atoms with E-state index in [1.165, 1.54) is 5.56 Å². The van der Waals surface area contributed by atoms with Crippen molar-refractivity contribution in [3.63, 3.8) is 0 Å². The molecule has 19 heavy (non-hydrogen) atoms. The monoisotopic (exact) mass is 285 g/mol. The van der Waals surface area contributed by atoms with Crippen molar-refractivity contribution in [2.45, 2.75) is 33.5 Å². The molecule has 0 saturated carbocycles. The molecule has 2 N–H and O–H groups in total. The smallest absolute Gasteiger partial charge is 0.148 e. The number of aliphatic hydroxyl groups excluding tert-OH is 1. The second-order valence-corrected chi connectivity index (χ2v) is 4.14. The summed E-state index contributed by atoms with van der Waals surface area (Å²) < 4.78 is 3.64. The van der Waals surface area contributed by atoms with Crippen LogP contribution in [0.15, 0.2) is 18.5 Å². The number of hydrogen-bond acceptors (Lipinski definition) is 4. The zero-order valence-electron chi connectivity index (χ0n) is 11.2. The van der Waals surface area contributed by atoms with Crippen LogP contribution in [0.25, 0.3) is 0 Å². The van der Waals surface area contributed by atoms with Gasteiger partial charge in [0, 0.05) is 37.1 Å². The van der Waals surface area contributed by atoms with Gasteiger partial charge in [0.05, 0.1) is 18.8 Å². The number of rotatable bonds is 6. The first-order chi connectivity index (χ1) is 8.72. The van der Waals surface area contributed by atoms with Gasteiger partial charge in [-0.1, -0.05) is 0 Å². The van der Waals surface area contributed by atoms with Crippen LogP contribution >= 0.6 is 12.4 Å². The van der Waals surface area contributed by atoms with Gasteiger partial charge < -0.3 is 10.4 Å². The molecule has 0 aliphatic rings. The lowest BCUT2D eigenvalue weighted by atomic mass is 10.2. The lowest BCUT2D eigenvalue weighted by Crippen LogP contribution is -2.05. The predicted octanol–water partition coefficient (Wildman–Crippen LogP) is 1.43. The molecule has 0 amide bonds. The first-order valence-electron chi connectivity index (χ1n) is 6.14. The highest BCUT2D eigenvalue weighted by Crippen LogP contribution is 2.09. The number of anilines is 1. The number of halogens is 1. The molecule has 0 saturated heterocycles. The van der Waals surface area contributed by atoms with Crippen LogP contribution in [0.3, 0.4) is 0 Å². The summed E-state index contributed by atoms with van der Waals surface area (Å²) in [7, 11) is 0. The maximum absolute atomic E-state index is 8.81. The second-order valence-electron chi connectivity index (χ2n) is 4.14. The van der Waals surface area contributed by atoms with Crippen LogP contribution in [-0.4, -0.2) is 31.3 Å². The molecule has 0 radical (unpaired) electrons. The minimum absolute atomic E-state index is 0. The summed E-state index contributed by atoms with van der Waals surface area (Å²) in [5.74, 6) is 0.812. The molecule has 6 nitrogen and oxygen atoms in total. The number of aromatic nitrogens is 4. The van der Waals surface area contributed by atoms with Crippen molar-refractivity contribution in [1.29, 1.82) is 0 Å². The number of nitrogens with one attached hydrogen (secondary N) is 1. The fraction of sp³-hybridized carbons (Fsp3) is 0.500. The molecule has 0 unspecified atom stereocenters. The van der Waals surface area contributed by atoms with Gasteiger partial charge in [0.25, 0.3) is 0 Å². The molecule has 0 aliphatic heterocycles. The Hall–Kier alpha value is -1.53. The number of aryl methyl sites for hydroxylation is 2. The van der Waals surface area contributed by atoms with Crippen molar-refractivity contribution in [2.24, 2.45) is 0 Å². The molecule has 0 spiro atoms. The second kappa shape index (κ2) is 7.16. The van der Waals surface area contributed by atoms with E-state index >= 15 is 0 Å². The minimum Gasteiger partial charge on any atom is -0.394 e. The van der Waals surface area contributed by atoms with Gasteiger partial charge in [0.15, 0.2) is 0 Å². The largest absolute Gasteiger partial charge is 0.394 e. The summed E-state index contributed by atoms with van der Waals surface area (Å²) in [4.78, 5) is 0. The summed E-state index contributed by atoms with van der Waals surface area (Å²) in [6, 6.07) is 1.90. The molecule has 106 valence electrons. The van der Waals surface area contributed by atoms with Gasteiger partial charge >= 0.3 is 0 Å². The normalized spacial score (nSPS) is 10.3. The Morgan fingerprint density at radius 2 is 2.11 bits per heavy atom. The third-order valence-corrected chi connectivity index (χ3v) is 2.80. The van der Waals surface area contributed by atoms with E-state index in [-0.39, 0.29) is 19.0 Å². The third kappa shape index (κ3) is 3.97. The Morgan fingerprint density at radius 1 is 1.32 bits per heavy atom. The van der Waals surface area contributed by atoms with Crippen molar-refractivity contribution in [1.82, 2.24) is 19.6 Å². The highest BCUT2D eigenvalue weighted by Gasteiger charge is 2.04. The molecule has 2 rings (SSSR count). The molecular formula is C12H20ClN5O. The van der Waals surface area contributed by atoms with Crippen molar-refractivity contribution in [2.75, 3.05) is 11.9 Å². The Balaban J connectivity index is 0.00000180. The zero-order chi connectivity index (χ0) is 13.0. The summed E-state index contributed by atoms with van der Waals surface area (Å²) in [6.07, 6.45) is 3.90. The van der Waals surface area contributed by atoms with Crippen molar-refractivity contribution in [3.8, 4) is 0 Å². The van der Waals surface area contributed by atoms with Crippen LogP contribution in [0.1, 0.15) is 18.2 Å². The van der Waals surface area contributed by atoms with Gasteiger partial charge in [0.1, 0.15) is 5.82 Å². The van der Waals surface area contributed by atoms with Gasteiger partial charge in [0.2, 0.25) is 0 Å². The maximum atomic E-state index is 8.81. The van der Waals surface area contributed by atoms with Crippen LogP contribution in [0, 0.1) is 6.92 Å². The van der Waals surface area contributed by atoms with E-state index in [1.807, 2.05) is 30.1 Å². The SMILES string of the molecule is CCn1cc(CNc2ccn(CCO)n2)c(C)n1.Cl. The average Bonchev–Trinajstić information content (AvgIpc) is 2.94. The minimum atomic E-state index is 0. The van der Waals surface area contributed by atoms with Crippen LogP contribution in [0.2, 0.25) is 0 Å². The fourth-order valence-corrected chi connectivity index (χ4v) is 1.76. The summed E-state index contributed by atoms with van der Waals surface area (Å²) >= 11 is 0. The van der Waals surface area contributed by atoms with E-state index in [9.17, 15) is 0 Å². The molecule has 0 aromatic carbocycles. The van der Waals surface area contributed by atoms with Crippen molar-refractivity contribution < 1.29 is 5.11 Å². The standard InChI is InChI=1S/C12H19N5O.ClH/c1-3-16-9-11(10(2)14-16)8-13-12-4-5-17(15-12)6-7-18;/h4-5,9,18H,3,6-8H2,1-2H3,(H,13,15);1H. The number of hydrogen-bond donors (Lipinski definition) is 2. The molecule has 7 heteroatoms. The van der Waals surface area contributed by atoms with E-state index < -0.39 is 0 Å². The third-order valence-electron chi connectivity index (χ3n) is 2.80. The van der Waals surface area contributed by atoms with Crippen molar-refractivity contribution >= 4 is 18.2 Å². The van der Waals surface area contributed by atoms with E-state index in [4.69, 9.17) is 5.11 Å². The number of nitrogens with zero attached hydrogens (tertiary/aromatic N) is 4. The average molecular weight is 286 g/mol. The van der Waals surface area contributed by atoms with Crippen molar-refractivity contribution in [3.05, 3.63) is 29.7 Å².